The van der Waals surface area contributed by atoms with Crippen LogP contribution in [0.2, 0.25) is 0 Å². The molecule has 96 valence electrons. The van der Waals surface area contributed by atoms with Gasteiger partial charge in [0, 0.05) is 6.54 Å². The highest BCUT2D eigenvalue weighted by Gasteiger charge is 1.98. The fraction of sp³-hybridized carbons (Fsp3) is 0.429. The summed E-state index contributed by atoms with van der Waals surface area (Å²) in [6, 6.07) is 7.92. The van der Waals surface area contributed by atoms with Crippen molar-refractivity contribution in [2.24, 2.45) is 0 Å². The average molecular weight is 244 g/mol. The summed E-state index contributed by atoms with van der Waals surface area (Å²) in [6.45, 7) is 2.08. The first-order valence-electron chi connectivity index (χ1n) is 6.36. The highest BCUT2D eigenvalue weighted by Crippen LogP contribution is 2.11. The van der Waals surface area contributed by atoms with Crippen molar-refractivity contribution in [3.8, 4) is 0 Å². The third kappa shape index (κ3) is 3.67. The van der Waals surface area contributed by atoms with Crippen LogP contribution in [0.3, 0.4) is 0 Å². The van der Waals surface area contributed by atoms with Crippen molar-refractivity contribution in [3.63, 3.8) is 0 Å². The Morgan fingerprint density at radius 1 is 1.11 bits per heavy atom. The van der Waals surface area contributed by atoms with Crippen LogP contribution in [-0.4, -0.2) is 42.1 Å². The first-order chi connectivity index (χ1) is 8.75. The van der Waals surface area contributed by atoms with Gasteiger partial charge in [-0.15, -0.1) is 0 Å². The minimum atomic E-state index is 0.860. The molecule has 0 saturated carbocycles. The summed E-state index contributed by atoms with van der Waals surface area (Å²) < 4.78 is 0. The number of rotatable bonds is 6. The molecule has 0 aliphatic carbocycles. The van der Waals surface area contributed by atoms with E-state index >= 15 is 0 Å². The Bertz CT molecular complexity index is 496. The van der Waals surface area contributed by atoms with Crippen LogP contribution in [0.1, 0.15) is 12.8 Å². The molecule has 1 aromatic heterocycles. The lowest BCUT2D eigenvalue weighted by molar-refractivity contribution is 0.396. The van der Waals surface area contributed by atoms with Gasteiger partial charge in [-0.2, -0.15) is 0 Å². The Hall–Kier alpha value is -1.68. The Labute approximate surface area is 108 Å². The van der Waals surface area contributed by atoms with Crippen LogP contribution in [-0.2, 0) is 0 Å². The normalized spacial score (nSPS) is 11.1. The van der Waals surface area contributed by atoms with Crippen LogP contribution < -0.4 is 5.32 Å². The fourth-order valence-electron chi connectivity index (χ4n) is 1.81. The summed E-state index contributed by atoms with van der Waals surface area (Å²) in [7, 11) is 4.20. The van der Waals surface area contributed by atoms with Gasteiger partial charge in [-0.3, -0.25) is 4.98 Å². The van der Waals surface area contributed by atoms with Crippen molar-refractivity contribution < 1.29 is 0 Å². The van der Waals surface area contributed by atoms with Crippen LogP contribution in [0.15, 0.2) is 30.5 Å². The van der Waals surface area contributed by atoms with Crippen molar-refractivity contribution in [3.05, 3.63) is 30.5 Å². The third-order valence-electron chi connectivity index (χ3n) is 2.79. The minimum Gasteiger partial charge on any atom is -0.369 e. The molecule has 0 fully saturated rings. The molecule has 0 amide bonds. The lowest BCUT2D eigenvalue weighted by Gasteiger charge is -2.09. The number of aromatic nitrogens is 2. The van der Waals surface area contributed by atoms with Crippen LogP contribution in [0.5, 0.6) is 0 Å². The number of fused-ring (bicyclic) bond motifs is 1. The molecular weight excluding hydrogens is 224 g/mol. The number of unbranched alkanes of at least 4 members (excludes halogenated alkanes) is 1. The molecule has 2 aromatic rings. The molecule has 0 aliphatic heterocycles. The molecule has 18 heavy (non-hydrogen) atoms. The van der Waals surface area contributed by atoms with Crippen LogP contribution in [0, 0.1) is 0 Å². The second-order valence-electron chi connectivity index (χ2n) is 4.68. The van der Waals surface area contributed by atoms with E-state index in [0.29, 0.717) is 0 Å². The predicted molar refractivity (Wildman–Crippen MR) is 75.8 cm³/mol. The standard InChI is InChI=1S/C14H20N4/c1-18(2)10-6-5-9-15-14-11-16-12-7-3-4-8-13(12)17-14/h3-4,7-8,11H,5-6,9-10H2,1-2H3,(H,15,17). The zero-order valence-electron chi connectivity index (χ0n) is 11.1. The van der Waals surface area contributed by atoms with Gasteiger partial charge in [-0.1, -0.05) is 12.1 Å². The second kappa shape index (κ2) is 6.31. The van der Waals surface area contributed by atoms with Crippen molar-refractivity contribution in [1.82, 2.24) is 14.9 Å². The molecule has 0 radical (unpaired) electrons. The van der Waals surface area contributed by atoms with E-state index in [2.05, 4.69) is 34.3 Å². The molecule has 0 spiro atoms. The Morgan fingerprint density at radius 3 is 2.67 bits per heavy atom. The van der Waals surface area contributed by atoms with Gasteiger partial charge in [0.05, 0.1) is 17.2 Å². The highest BCUT2D eigenvalue weighted by molar-refractivity contribution is 5.75. The van der Waals surface area contributed by atoms with E-state index in [1.54, 1.807) is 6.20 Å². The van der Waals surface area contributed by atoms with Gasteiger partial charge < -0.3 is 10.2 Å². The summed E-state index contributed by atoms with van der Waals surface area (Å²) in [4.78, 5) is 11.1. The topological polar surface area (TPSA) is 41.0 Å². The molecule has 4 heteroatoms. The van der Waals surface area contributed by atoms with Gasteiger partial charge in [-0.25, -0.2) is 4.98 Å². The number of para-hydroxylation sites is 2. The number of anilines is 1. The van der Waals surface area contributed by atoms with Crippen molar-refractivity contribution >= 4 is 16.9 Å². The maximum absolute atomic E-state index is 4.52. The van der Waals surface area contributed by atoms with Crippen molar-refractivity contribution in [1.29, 1.82) is 0 Å². The smallest absolute Gasteiger partial charge is 0.145 e. The van der Waals surface area contributed by atoms with Gasteiger partial charge >= 0.3 is 0 Å². The SMILES string of the molecule is CN(C)CCCCNc1cnc2ccccc2n1. The molecule has 0 unspecified atom stereocenters. The largest absolute Gasteiger partial charge is 0.369 e. The predicted octanol–water partition coefficient (Wildman–Crippen LogP) is 2.38. The second-order valence-corrected chi connectivity index (χ2v) is 4.68. The number of nitrogens with zero attached hydrogens (tertiary/aromatic N) is 3. The Morgan fingerprint density at radius 2 is 1.89 bits per heavy atom. The Kier molecular flexibility index (Phi) is 4.47. The summed E-state index contributed by atoms with van der Waals surface area (Å²) in [5.74, 6) is 0.860. The number of hydrogen-bond acceptors (Lipinski definition) is 4. The summed E-state index contributed by atoms with van der Waals surface area (Å²) in [5, 5.41) is 3.32. The summed E-state index contributed by atoms with van der Waals surface area (Å²) >= 11 is 0. The Balaban J connectivity index is 1.84. The molecule has 1 aromatic carbocycles. The average Bonchev–Trinajstić information content (AvgIpc) is 2.38. The zero-order chi connectivity index (χ0) is 12.8. The molecule has 2 rings (SSSR count). The molecular formula is C14H20N4. The van der Waals surface area contributed by atoms with E-state index in [-0.39, 0.29) is 0 Å². The first-order valence-corrected chi connectivity index (χ1v) is 6.36. The maximum atomic E-state index is 4.52. The monoisotopic (exact) mass is 244 g/mol. The maximum Gasteiger partial charge on any atom is 0.145 e. The van der Waals surface area contributed by atoms with Crippen molar-refractivity contribution in [2.45, 2.75) is 12.8 Å². The van der Waals surface area contributed by atoms with Crippen LogP contribution in [0.4, 0.5) is 5.82 Å². The molecule has 0 bridgehead atoms. The van der Waals surface area contributed by atoms with Gasteiger partial charge in [0.2, 0.25) is 0 Å². The summed E-state index contributed by atoms with van der Waals surface area (Å²) in [5.41, 5.74) is 1.88. The molecule has 0 atom stereocenters. The van der Waals surface area contributed by atoms with Crippen LogP contribution in [0.25, 0.3) is 11.0 Å². The highest BCUT2D eigenvalue weighted by atomic mass is 15.0. The third-order valence-corrected chi connectivity index (χ3v) is 2.79. The van der Waals surface area contributed by atoms with E-state index in [9.17, 15) is 0 Å². The lowest BCUT2D eigenvalue weighted by Crippen LogP contribution is -2.14. The first kappa shape index (κ1) is 12.8. The minimum absolute atomic E-state index is 0.860. The van der Waals surface area contributed by atoms with Gasteiger partial charge in [-0.05, 0) is 45.6 Å². The van der Waals surface area contributed by atoms with E-state index in [1.807, 2.05) is 24.3 Å². The molecule has 1 heterocycles. The number of hydrogen-bond donors (Lipinski definition) is 1. The molecule has 0 aliphatic rings. The fourth-order valence-corrected chi connectivity index (χ4v) is 1.81. The number of benzene rings is 1. The number of nitrogens with one attached hydrogen (secondary N) is 1. The lowest BCUT2D eigenvalue weighted by atomic mass is 10.3. The molecule has 1 N–H and O–H groups in total. The van der Waals surface area contributed by atoms with Crippen molar-refractivity contribution in [2.75, 3.05) is 32.5 Å². The molecule has 0 saturated heterocycles. The quantitative estimate of drug-likeness (QED) is 0.792. The van der Waals surface area contributed by atoms with Gasteiger partial charge in [0.1, 0.15) is 5.82 Å². The molecule has 4 nitrogen and oxygen atoms in total. The van der Waals surface area contributed by atoms with E-state index in [1.165, 1.54) is 6.42 Å². The van der Waals surface area contributed by atoms with E-state index in [0.717, 1.165) is 36.4 Å². The zero-order valence-corrected chi connectivity index (χ0v) is 11.1. The van der Waals surface area contributed by atoms with Gasteiger partial charge in [0.25, 0.3) is 0 Å². The van der Waals surface area contributed by atoms with Crippen LogP contribution >= 0.6 is 0 Å². The van der Waals surface area contributed by atoms with E-state index < -0.39 is 0 Å². The van der Waals surface area contributed by atoms with E-state index in [4.69, 9.17) is 0 Å². The summed E-state index contributed by atoms with van der Waals surface area (Å²) in [6.07, 6.45) is 4.14. The van der Waals surface area contributed by atoms with Gasteiger partial charge in [0.15, 0.2) is 0 Å².